The minimum absolute atomic E-state index is 0.0876. The van der Waals surface area contributed by atoms with Crippen molar-refractivity contribution in [3.05, 3.63) is 11.8 Å². The molecule has 0 amide bonds. The molecular weight excluding hydrogens is 204 g/mol. The molecule has 0 aromatic carbocycles. The molecule has 0 spiro atoms. The van der Waals surface area contributed by atoms with Crippen molar-refractivity contribution in [2.45, 2.75) is 31.9 Å². The van der Waals surface area contributed by atoms with Crippen molar-refractivity contribution < 1.29 is 9.47 Å². The molecule has 1 saturated heterocycles. The number of nitrogens with two attached hydrogens (primary N) is 1. The van der Waals surface area contributed by atoms with Crippen LogP contribution in [0.2, 0.25) is 0 Å². The highest BCUT2D eigenvalue weighted by atomic mass is 16.5. The number of nitrogens with zero attached hydrogens (tertiary/aromatic N) is 1. The molecule has 0 aromatic heterocycles. The van der Waals surface area contributed by atoms with Gasteiger partial charge in [0.2, 0.25) is 0 Å². The van der Waals surface area contributed by atoms with E-state index in [0.29, 0.717) is 0 Å². The van der Waals surface area contributed by atoms with E-state index < -0.39 is 0 Å². The fourth-order valence-corrected chi connectivity index (χ4v) is 2.32. The van der Waals surface area contributed by atoms with E-state index in [1.165, 1.54) is 6.42 Å². The molecule has 2 heterocycles. The van der Waals surface area contributed by atoms with Gasteiger partial charge in [0.1, 0.15) is 5.76 Å². The van der Waals surface area contributed by atoms with Gasteiger partial charge in [0.15, 0.2) is 0 Å². The molecular formula is C12H22N2O2. The van der Waals surface area contributed by atoms with Gasteiger partial charge in [-0.1, -0.05) is 6.92 Å². The molecule has 0 bridgehead atoms. The maximum Gasteiger partial charge on any atom is 0.112 e. The molecule has 0 aromatic rings. The largest absolute Gasteiger partial charge is 0.496 e. The zero-order chi connectivity index (χ0) is 11.4. The summed E-state index contributed by atoms with van der Waals surface area (Å²) in [6.07, 6.45) is 4.34. The van der Waals surface area contributed by atoms with Crippen LogP contribution in [0, 0.1) is 0 Å². The average Bonchev–Trinajstić information content (AvgIpc) is 2.82. The first-order valence-corrected chi connectivity index (χ1v) is 6.23. The summed E-state index contributed by atoms with van der Waals surface area (Å²) in [5.74, 6) is 0.920. The van der Waals surface area contributed by atoms with Crippen LogP contribution < -0.4 is 5.73 Å². The standard InChI is InChI=1S/C12H22N2O2/c1-2-5-14-6-8-16-11(9-14)12(13)10-4-3-7-15-10/h4,11-12H,2-3,5-9,13H2,1H3. The Hall–Kier alpha value is -0.580. The van der Waals surface area contributed by atoms with Gasteiger partial charge in [-0.15, -0.1) is 0 Å². The van der Waals surface area contributed by atoms with Gasteiger partial charge in [0.25, 0.3) is 0 Å². The SMILES string of the molecule is CCCN1CCOC(C(N)C2=CCCO2)C1. The summed E-state index contributed by atoms with van der Waals surface area (Å²) in [4.78, 5) is 2.42. The van der Waals surface area contributed by atoms with Crippen LogP contribution in [0.15, 0.2) is 11.8 Å². The molecule has 0 aliphatic carbocycles. The first-order chi connectivity index (χ1) is 7.81. The quantitative estimate of drug-likeness (QED) is 0.767. The maximum atomic E-state index is 6.17. The highest BCUT2D eigenvalue weighted by molar-refractivity contribution is 5.09. The highest BCUT2D eigenvalue weighted by Gasteiger charge is 2.29. The Labute approximate surface area is 97.4 Å². The van der Waals surface area contributed by atoms with Gasteiger partial charge in [0, 0.05) is 19.5 Å². The Morgan fingerprint density at radius 2 is 2.44 bits per heavy atom. The zero-order valence-electron chi connectivity index (χ0n) is 10.0. The van der Waals surface area contributed by atoms with Crippen molar-refractivity contribution in [3.63, 3.8) is 0 Å². The Balaban J connectivity index is 1.88. The van der Waals surface area contributed by atoms with Crippen LogP contribution in [0.1, 0.15) is 19.8 Å². The van der Waals surface area contributed by atoms with E-state index in [2.05, 4.69) is 17.9 Å². The number of hydrogen-bond donors (Lipinski definition) is 1. The van der Waals surface area contributed by atoms with Crippen molar-refractivity contribution in [2.75, 3.05) is 32.8 Å². The van der Waals surface area contributed by atoms with E-state index in [9.17, 15) is 0 Å². The molecule has 4 heteroatoms. The number of rotatable bonds is 4. The summed E-state index contributed by atoms with van der Waals surface area (Å²) in [5, 5.41) is 0. The molecule has 2 aliphatic heterocycles. The monoisotopic (exact) mass is 226 g/mol. The minimum atomic E-state index is -0.0952. The van der Waals surface area contributed by atoms with Crippen LogP contribution in [-0.2, 0) is 9.47 Å². The van der Waals surface area contributed by atoms with Crippen LogP contribution in [0.5, 0.6) is 0 Å². The van der Waals surface area contributed by atoms with Gasteiger partial charge in [-0.2, -0.15) is 0 Å². The van der Waals surface area contributed by atoms with E-state index in [1.54, 1.807) is 0 Å². The third-order valence-electron chi connectivity index (χ3n) is 3.18. The van der Waals surface area contributed by atoms with Gasteiger partial charge in [-0.05, 0) is 19.0 Å². The predicted molar refractivity (Wildman–Crippen MR) is 63.1 cm³/mol. The molecule has 16 heavy (non-hydrogen) atoms. The molecule has 2 N–H and O–H groups in total. The smallest absolute Gasteiger partial charge is 0.112 e. The second-order valence-electron chi connectivity index (χ2n) is 4.48. The summed E-state index contributed by atoms with van der Waals surface area (Å²) < 4.78 is 11.2. The lowest BCUT2D eigenvalue weighted by Crippen LogP contribution is -2.51. The molecule has 0 radical (unpaired) electrons. The topological polar surface area (TPSA) is 47.7 Å². The minimum Gasteiger partial charge on any atom is -0.496 e. The van der Waals surface area contributed by atoms with E-state index in [-0.39, 0.29) is 12.1 Å². The van der Waals surface area contributed by atoms with Gasteiger partial charge in [-0.3, -0.25) is 4.90 Å². The predicted octanol–water partition coefficient (Wildman–Crippen LogP) is 0.729. The Morgan fingerprint density at radius 3 is 3.12 bits per heavy atom. The molecule has 4 nitrogen and oxygen atoms in total. The molecule has 2 rings (SSSR count). The maximum absolute atomic E-state index is 6.17. The Bertz CT molecular complexity index is 253. The highest BCUT2D eigenvalue weighted by Crippen LogP contribution is 2.18. The van der Waals surface area contributed by atoms with Gasteiger partial charge >= 0.3 is 0 Å². The van der Waals surface area contributed by atoms with Crippen LogP contribution in [0.25, 0.3) is 0 Å². The van der Waals surface area contributed by atoms with Crippen LogP contribution in [0.4, 0.5) is 0 Å². The zero-order valence-corrected chi connectivity index (χ0v) is 10.0. The van der Waals surface area contributed by atoms with Crippen molar-refractivity contribution in [1.82, 2.24) is 4.90 Å². The number of morpholine rings is 1. The molecule has 0 saturated carbocycles. The average molecular weight is 226 g/mol. The van der Waals surface area contributed by atoms with Crippen LogP contribution >= 0.6 is 0 Å². The molecule has 1 fully saturated rings. The van der Waals surface area contributed by atoms with Crippen molar-refractivity contribution >= 4 is 0 Å². The summed E-state index contributed by atoms with van der Waals surface area (Å²) in [6.45, 7) is 6.84. The summed E-state index contributed by atoms with van der Waals surface area (Å²) in [7, 11) is 0. The lowest BCUT2D eigenvalue weighted by atomic mass is 10.1. The molecule has 2 unspecified atom stereocenters. The fraction of sp³-hybridized carbons (Fsp3) is 0.833. The molecule has 2 atom stereocenters. The van der Waals surface area contributed by atoms with E-state index in [4.69, 9.17) is 15.2 Å². The molecule has 92 valence electrons. The van der Waals surface area contributed by atoms with Crippen molar-refractivity contribution in [1.29, 1.82) is 0 Å². The van der Waals surface area contributed by atoms with Crippen LogP contribution in [-0.4, -0.2) is 49.9 Å². The summed E-state index contributed by atoms with van der Waals surface area (Å²) in [6, 6.07) is -0.0952. The summed E-state index contributed by atoms with van der Waals surface area (Å²) in [5.41, 5.74) is 6.17. The third kappa shape index (κ3) is 2.75. The Kier molecular flexibility index (Phi) is 4.21. The second kappa shape index (κ2) is 5.66. The second-order valence-corrected chi connectivity index (χ2v) is 4.48. The van der Waals surface area contributed by atoms with Crippen LogP contribution in [0.3, 0.4) is 0 Å². The molecule has 2 aliphatic rings. The lowest BCUT2D eigenvalue weighted by molar-refractivity contribution is -0.0414. The Morgan fingerprint density at radius 1 is 1.56 bits per heavy atom. The fourth-order valence-electron chi connectivity index (χ4n) is 2.32. The first kappa shape index (κ1) is 11.9. The van der Waals surface area contributed by atoms with Gasteiger partial charge in [0.05, 0.1) is 25.4 Å². The first-order valence-electron chi connectivity index (χ1n) is 6.23. The van der Waals surface area contributed by atoms with Crippen molar-refractivity contribution in [2.24, 2.45) is 5.73 Å². The van der Waals surface area contributed by atoms with Crippen molar-refractivity contribution in [3.8, 4) is 0 Å². The number of ether oxygens (including phenoxy) is 2. The van der Waals surface area contributed by atoms with Gasteiger partial charge in [-0.25, -0.2) is 0 Å². The summed E-state index contributed by atoms with van der Waals surface area (Å²) >= 11 is 0. The normalized spacial score (nSPS) is 28.6. The van der Waals surface area contributed by atoms with E-state index >= 15 is 0 Å². The number of hydrogen-bond acceptors (Lipinski definition) is 4. The van der Waals surface area contributed by atoms with E-state index in [0.717, 1.165) is 45.0 Å². The third-order valence-corrected chi connectivity index (χ3v) is 3.18. The van der Waals surface area contributed by atoms with Gasteiger partial charge < -0.3 is 15.2 Å². The lowest BCUT2D eigenvalue weighted by Gasteiger charge is -2.35. The van der Waals surface area contributed by atoms with E-state index in [1.807, 2.05) is 0 Å².